The third-order valence-electron chi connectivity index (χ3n) is 2.28. The Labute approximate surface area is 94.6 Å². The van der Waals surface area contributed by atoms with Crippen LogP contribution in [0.5, 0.6) is 0 Å². The number of hydrogen-bond acceptors (Lipinski definition) is 2. The number of halogens is 2. The van der Waals surface area contributed by atoms with Crippen LogP contribution >= 0.6 is 11.6 Å². The Morgan fingerprint density at radius 3 is 2.87 bits per heavy atom. The fourth-order valence-electron chi connectivity index (χ4n) is 1.30. The molecule has 2 nitrogen and oxygen atoms in total. The van der Waals surface area contributed by atoms with Crippen LogP contribution in [0.2, 0.25) is 5.02 Å². The molecule has 0 aromatic heterocycles. The molecule has 1 atom stereocenters. The predicted octanol–water partition coefficient (Wildman–Crippen LogP) is 1.96. The van der Waals surface area contributed by atoms with Crippen LogP contribution in [0.1, 0.15) is 12.5 Å². The minimum Gasteiger partial charge on any atom is -0.329 e. The summed E-state index contributed by atoms with van der Waals surface area (Å²) in [6, 6.07) is 4.98. The van der Waals surface area contributed by atoms with Crippen molar-refractivity contribution in [1.82, 2.24) is 5.32 Å². The summed E-state index contributed by atoms with van der Waals surface area (Å²) in [5, 5.41) is 3.67. The van der Waals surface area contributed by atoms with Gasteiger partial charge in [0.05, 0.1) is 0 Å². The second kappa shape index (κ2) is 6.05. The molecule has 0 fully saturated rings. The van der Waals surface area contributed by atoms with Gasteiger partial charge in [0.2, 0.25) is 0 Å². The first-order valence-corrected chi connectivity index (χ1v) is 5.39. The molecule has 0 heterocycles. The van der Waals surface area contributed by atoms with Crippen LogP contribution in [-0.2, 0) is 6.42 Å². The quantitative estimate of drug-likeness (QED) is 0.812. The minimum atomic E-state index is -0.246. The Kier molecular flexibility index (Phi) is 5.02. The van der Waals surface area contributed by atoms with Gasteiger partial charge in [-0.15, -0.1) is 0 Å². The summed E-state index contributed by atoms with van der Waals surface area (Å²) in [4.78, 5) is 0. The monoisotopic (exact) mass is 230 g/mol. The highest BCUT2D eigenvalue weighted by molar-refractivity contribution is 6.31. The summed E-state index contributed by atoms with van der Waals surface area (Å²) in [6.07, 6.45) is 0.579. The number of rotatable bonds is 5. The van der Waals surface area contributed by atoms with E-state index in [1.54, 1.807) is 12.1 Å². The second-order valence-electron chi connectivity index (χ2n) is 3.54. The van der Waals surface area contributed by atoms with E-state index in [-0.39, 0.29) is 11.9 Å². The minimum absolute atomic E-state index is 0.246. The van der Waals surface area contributed by atoms with Crippen LogP contribution in [0.3, 0.4) is 0 Å². The number of benzene rings is 1. The van der Waals surface area contributed by atoms with Crippen LogP contribution in [-0.4, -0.2) is 19.1 Å². The molecule has 1 aromatic carbocycles. The van der Waals surface area contributed by atoms with Crippen LogP contribution in [0, 0.1) is 5.82 Å². The predicted molar refractivity (Wildman–Crippen MR) is 61.6 cm³/mol. The average Bonchev–Trinajstić information content (AvgIpc) is 2.22. The zero-order chi connectivity index (χ0) is 11.3. The fraction of sp³-hybridized carbons (Fsp3) is 0.455. The highest BCUT2D eigenvalue weighted by atomic mass is 35.5. The fourth-order valence-corrected chi connectivity index (χ4v) is 1.56. The second-order valence-corrected chi connectivity index (χ2v) is 3.95. The zero-order valence-corrected chi connectivity index (χ0v) is 9.52. The van der Waals surface area contributed by atoms with Crippen LogP contribution in [0.15, 0.2) is 18.2 Å². The number of nitrogens with two attached hydrogens (primary N) is 1. The lowest BCUT2D eigenvalue weighted by Crippen LogP contribution is -2.34. The molecular weight excluding hydrogens is 215 g/mol. The van der Waals surface area contributed by atoms with E-state index in [2.05, 4.69) is 5.32 Å². The van der Waals surface area contributed by atoms with Gasteiger partial charge in [-0.05, 0) is 32.0 Å². The molecule has 3 N–H and O–H groups in total. The molecule has 0 saturated heterocycles. The maximum atomic E-state index is 13.3. The van der Waals surface area contributed by atoms with Crippen LogP contribution in [0.25, 0.3) is 0 Å². The highest BCUT2D eigenvalue weighted by Crippen LogP contribution is 2.18. The van der Waals surface area contributed by atoms with Crippen molar-refractivity contribution in [2.75, 3.05) is 13.1 Å². The van der Waals surface area contributed by atoms with Crippen molar-refractivity contribution >= 4 is 11.6 Å². The SMILES string of the molecule is C[C@@H](CN)NCCc1c(F)cccc1Cl. The van der Waals surface area contributed by atoms with E-state index < -0.39 is 0 Å². The molecule has 0 unspecified atom stereocenters. The molecular formula is C11H16ClFN2. The summed E-state index contributed by atoms with van der Waals surface area (Å²) in [7, 11) is 0. The number of nitrogens with one attached hydrogen (secondary N) is 1. The topological polar surface area (TPSA) is 38.0 Å². The van der Waals surface area contributed by atoms with Gasteiger partial charge in [-0.2, -0.15) is 0 Å². The van der Waals surface area contributed by atoms with E-state index >= 15 is 0 Å². The molecule has 1 rings (SSSR count). The van der Waals surface area contributed by atoms with E-state index in [9.17, 15) is 4.39 Å². The summed E-state index contributed by atoms with van der Waals surface area (Å²) in [5.41, 5.74) is 6.01. The lowest BCUT2D eigenvalue weighted by molar-refractivity contribution is 0.547. The van der Waals surface area contributed by atoms with Crippen molar-refractivity contribution in [3.05, 3.63) is 34.6 Å². The van der Waals surface area contributed by atoms with Crippen molar-refractivity contribution in [2.24, 2.45) is 5.73 Å². The molecule has 0 bridgehead atoms. The smallest absolute Gasteiger partial charge is 0.127 e. The van der Waals surface area contributed by atoms with Gasteiger partial charge in [-0.1, -0.05) is 17.7 Å². The van der Waals surface area contributed by atoms with Crippen molar-refractivity contribution in [1.29, 1.82) is 0 Å². The molecule has 0 aliphatic heterocycles. The summed E-state index contributed by atoms with van der Waals surface area (Å²) in [5.74, 6) is -0.246. The molecule has 0 aliphatic carbocycles. The molecule has 0 aliphatic rings. The summed E-state index contributed by atoms with van der Waals surface area (Å²) < 4.78 is 13.3. The van der Waals surface area contributed by atoms with E-state index in [4.69, 9.17) is 17.3 Å². The molecule has 1 aromatic rings. The van der Waals surface area contributed by atoms with E-state index in [0.717, 1.165) is 0 Å². The highest BCUT2D eigenvalue weighted by Gasteiger charge is 2.06. The van der Waals surface area contributed by atoms with Crippen molar-refractivity contribution < 1.29 is 4.39 Å². The third kappa shape index (κ3) is 3.78. The van der Waals surface area contributed by atoms with Gasteiger partial charge in [0.15, 0.2) is 0 Å². The molecule has 15 heavy (non-hydrogen) atoms. The van der Waals surface area contributed by atoms with Gasteiger partial charge in [0, 0.05) is 23.2 Å². The molecule has 0 saturated carbocycles. The first-order valence-electron chi connectivity index (χ1n) is 5.01. The van der Waals surface area contributed by atoms with Crippen molar-refractivity contribution in [3.8, 4) is 0 Å². The number of hydrogen-bond donors (Lipinski definition) is 2. The van der Waals surface area contributed by atoms with Gasteiger partial charge >= 0.3 is 0 Å². The van der Waals surface area contributed by atoms with Gasteiger partial charge in [-0.25, -0.2) is 4.39 Å². The Morgan fingerprint density at radius 2 is 2.27 bits per heavy atom. The van der Waals surface area contributed by atoms with Crippen LogP contribution < -0.4 is 11.1 Å². The van der Waals surface area contributed by atoms with E-state index in [1.807, 2.05) is 6.92 Å². The molecule has 4 heteroatoms. The third-order valence-corrected chi connectivity index (χ3v) is 2.64. The Bertz CT molecular complexity index is 297. The maximum absolute atomic E-state index is 13.3. The summed E-state index contributed by atoms with van der Waals surface area (Å²) in [6.45, 7) is 3.24. The van der Waals surface area contributed by atoms with Gasteiger partial charge in [-0.3, -0.25) is 0 Å². The molecule has 0 spiro atoms. The first-order chi connectivity index (χ1) is 7.15. The Hall–Kier alpha value is -0.640. The van der Waals surface area contributed by atoms with Gasteiger partial charge in [0.25, 0.3) is 0 Å². The normalized spacial score (nSPS) is 12.8. The largest absolute Gasteiger partial charge is 0.329 e. The zero-order valence-electron chi connectivity index (χ0n) is 8.76. The molecule has 0 amide bonds. The first kappa shape index (κ1) is 12.4. The van der Waals surface area contributed by atoms with Gasteiger partial charge < -0.3 is 11.1 Å². The van der Waals surface area contributed by atoms with E-state index in [0.29, 0.717) is 30.1 Å². The van der Waals surface area contributed by atoms with E-state index in [1.165, 1.54) is 6.07 Å². The lowest BCUT2D eigenvalue weighted by Gasteiger charge is -2.11. The standard InChI is InChI=1S/C11H16ClFN2/c1-8(7-14)15-6-5-9-10(12)3-2-4-11(9)13/h2-4,8,15H,5-7,14H2,1H3/t8-/m0/s1. The van der Waals surface area contributed by atoms with Crippen molar-refractivity contribution in [2.45, 2.75) is 19.4 Å². The maximum Gasteiger partial charge on any atom is 0.127 e. The molecule has 0 radical (unpaired) electrons. The Balaban J connectivity index is 2.50. The molecule has 84 valence electrons. The van der Waals surface area contributed by atoms with Crippen LogP contribution in [0.4, 0.5) is 4.39 Å². The summed E-state index contributed by atoms with van der Waals surface area (Å²) >= 11 is 5.89. The lowest BCUT2D eigenvalue weighted by atomic mass is 10.1. The Morgan fingerprint density at radius 1 is 1.53 bits per heavy atom. The van der Waals surface area contributed by atoms with Gasteiger partial charge in [0.1, 0.15) is 5.82 Å². The average molecular weight is 231 g/mol. The van der Waals surface area contributed by atoms with Crippen molar-refractivity contribution in [3.63, 3.8) is 0 Å².